The second-order valence-corrected chi connectivity index (χ2v) is 5.77. The van der Waals surface area contributed by atoms with Gasteiger partial charge in [-0.15, -0.1) is 12.4 Å². The van der Waals surface area contributed by atoms with E-state index in [2.05, 4.69) is 33.4 Å². The summed E-state index contributed by atoms with van der Waals surface area (Å²) >= 11 is 0. The third-order valence-electron chi connectivity index (χ3n) is 4.07. The van der Waals surface area contributed by atoms with E-state index in [1.807, 2.05) is 73.8 Å². The zero-order chi connectivity index (χ0) is 17.1. The molecule has 0 amide bonds. The fraction of sp³-hybridized carbons (Fsp3) is 0.0476. The van der Waals surface area contributed by atoms with Crippen LogP contribution >= 0.6 is 12.4 Å². The molecular formula is C21H19ClN4. The molecule has 3 aromatic carbocycles. The lowest BCUT2D eigenvalue weighted by Crippen LogP contribution is -2.13. The first-order valence-corrected chi connectivity index (χ1v) is 8.19. The first kappa shape index (κ1) is 17.7. The molecule has 1 N–H and O–H groups in total. The minimum Gasteiger partial charge on any atom is -0.329 e. The van der Waals surface area contributed by atoms with Gasteiger partial charge in [-0.3, -0.25) is 0 Å². The summed E-state index contributed by atoms with van der Waals surface area (Å²) in [6, 6.07) is 28.2. The van der Waals surface area contributed by atoms with E-state index in [0.29, 0.717) is 5.95 Å². The minimum atomic E-state index is 0. The predicted octanol–water partition coefficient (Wildman–Crippen LogP) is 5.56. The minimum absolute atomic E-state index is 0. The highest BCUT2D eigenvalue weighted by molar-refractivity contribution is 5.92. The molecule has 26 heavy (non-hydrogen) atoms. The van der Waals surface area contributed by atoms with Crippen molar-refractivity contribution in [3.8, 4) is 0 Å². The molecule has 0 aliphatic rings. The molecule has 0 bridgehead atoms. The van der Waals surface area contributed by atoms with E-state index >= 15 is 0 Å². The number of anilines is 4. The van der Waals surface area contributed by atoms with Crippen LogP contribution in [-0.4, -0.2) is 17.0 Å². The fourth-order valence-electron chi connectivity index (χ4n) is 2.80. The van der Waals surface area contributed by atoms with Gasteiger partial charge in [-0.2, -0.15) is 4.98 Å². The summed E-state index contributed by atoms with van der Waals surface area (Å²) in [5.41, 5.74) is 2.96. The van der Waals surface area contributed by atoms with Crippen LogP contribution in [0.1, 0.15) is 0 Å². The van der Waals surface area contributed by atoms with Gasteiger partial charge < -0.3 is 10.2 Å². The average Bonchev–Trinajstić information content (AvgIpc) is 2.68. The lowest BCUT2D eigenvalue weighted by molar-refractivity contribution is 1.11. The number of nitrogens with zero attached hydrogens (tertiary/aromatic N) is 3. The van der Waals surface area contributed by atoms with Crippen LogP contribution in [0.4, 0.5) is 23.1 Å². The summed E-state index contributed by atoms with van der Waals surface area (Å²) in [6.45, 7) is 0. The van der Waals surface area contributed by atoms with Crippen molar-refractivity contribution in [3.63, 3.8) is 0 Å². The van der Waals surface area contributed by atoms with Crippen LogP contribution in [-0.2, 0) is 0 Å². The number of hydrogen-bond acceptors (Lipinski definition) is 4. The van der Waals surface area contributed by atoms with Crippen molar-refractivity contribution < 1.29 is 0 Å². The van der Waals surface area contributed by atoms with E-state index in [0.717, 1.165) is 28.1 Å². The topological polar surface area (TPSA) is 41.1 Å². The van der Waals surface area contributed by atoms with Crippen molar-refractivity contribution >= 4 is 46.5 Å². The van der Waals surface area contributed by atoms with Gasteiger partial charge in [-0.05, 0) is 36.4 Å². The van der Waals surface area contributed by atoms with Gasteiger partial charge in [0.2, 0.25) is 5.95 Å². The zero-order valence-corrected chi connectivity index (χ0v) is 15.1. The second-order valence-electron chi connectivity index (χ2n) is 5.77. The number of rotatable bonds is 4. The lowest BCUT2D eigenvalue weighted by atomic mass is 10.2. The van der Waals surface area contributed by atoms with Gasteiger partial charge in [0, 0.05) is 23.8 Å². The third-order valence-corrected chi connectivity index (χ3v) is 4.07. The highest BCUT2D eigenvalue weighted by atomic mass is 35.5. The van der Waals surface area contributed by atoms with E-state index in [-0.39, 0.29) is 12.4 Å². The number of hydrogen-bond donors (Lipinski definition) is 1. The van der Waals surface area contributed by atoms with Crippen molar-refractivity contribution in [2.24, 2.45) is 0 Å². The van der Waals surface area contributed by atoms with E-state index in [4.69, 9.17) is 4.98 Å². The molecule has 0 radical (unpaired) electrons. The Morgan fingerprint density at radius 3 is 2.08 bits per heavy atom. The number of fused-ring (bicyclic) bond motifs is 1. The maximum atomic E-state index is 4.78. The normalized spacial score (nSPS) is 10.2. The number of halogens is 1. The maximum Gasteiger partial charge on any atom is 0.229 e. The van der Waals surface area contributed by atoms with E-state index in [9.17, 15) is 0 Å². The first-order valence-electron chi connectivity index (χ1n) is 8.19. The second kappa shape index (κ2) is 7.85. The van der Waals surface area contributed by atoms with Gasteiger partial charge >= 0.3 is 0 Å². The van der Waals surface area contributed by atoms with Gasteiger partial charge in [0.25, 0.3) is 0 Å². The SMILES string of the molecule is CN(c1ccccc1)c1nc(Nc2ccccc2)nc2ccccc12.Cl. The Hall–Kier alpha value is -3.11. The van der Waals surface area contributed by atoms with E-state index in [1.54, 1.807) is 0 Å². The first-order chi connectivity index (χ1) is 12.3. The molecule has 1 aromatic heterocycles. The van der Waals surface area contributed by atoms with Gasteiger partial charge in [-0.25, -0.2) is 4.98 Å². The molecule has 4 nitrogen and oxygen atoms in total. The molecule has 0 saturated carbocycles. The summed E-state index contributed by atoms with van der Waals surface area (Å²) in [6.07, 6.45) is 0. The Labute approximate surface area is 158 Å². The average molecular weight is 363 g/mol. The molecule has 1 heterocycles. The Kier molecular flexibility index (Phi) is 5.34. The largest absolute Gasteiger partial charge is 0.329 e. The van der Waals surface area contributed by atoms with E-state index < -0.39 is 0 Å². The summed E-state index contributed by atoms with van der Waals surface area (Å²) in [7, 11) is 2.02. The monoisotopic (exact) mass is 362 g/mol. The van der Waals surface area contributed by atoms with Crippen molar-refractivity contribution in [2.75, 3.05) is 17.3 Å². The molecule has 5 heteroatoms. The number of nitrogens with one attached hydrogen (secondary N) is 1. The number of para-hydroxylation sites is 3. The molecular weight excluding hydrogens is 344 g/mol. The highest BCUT2D eigenvalue weighted by Gasteiger charge is 2.13. The van der Waals surface area contributed by atoms with Crippen LogP contribution in [0.3, 0.4) is 0 Å². The number of aromatic nitrogens is 2. The molecule has 0 spiro atoms. The maximum absolute atomic E-state index is 4.78. The molecule has 0 fully saturated rings. The molecule has 0 aliphatic heterocycles. The van der Waals surface area contributed by atoms with Crippen LogP contribution in [0.2, 0.25) is 0 Å². The molecule has 130 valence electrons. The summed E-state index contributed by atoms with van der Waals surface area (Å²) in [5, 5.41) is 4.31. The zero-order valence-electron chi connectivity index (χ0n) is 14.3. The number of benzene rings is 3. The predicted molar refractivity (Wildman–Crippen MR) is 111 cm³/mol. The van der Waals surface area contributed by atoms with Crippen LogP contribution in [0.25, 0.3) is 10.9 Å². The van der Waals surface area contributed by atoms with Crippen LogP contribution in [0, 0.1) is 0 Å². The molecule has 4 rings (SSSR count). The molecule has 0 atom stereocenters. The van der Waals surface area contributed by atoms with Crippen LogP contribution < -0.4 is 10.2 Å². The highest BCUT2D eigenvalue weighted by Crippen LogP contribution is 2.30. The van der Waals surface area contributed by atoms with Crippen molar-refractivity contribution in [1.82, 2.24) is 9.97 Å². The van der Waals surface area contributed by atoms with Crippen LogP contribution in [0.15, 0.2) is 84.9 Å². The fourth-order valence-corrected chi connectivity index (χ4v) is 2.80. The molecule has 0 unspecified atom stereocenters. The summed E-state index contributed by atoms with van der Waals surface area (Å²) in [5.74, 6) is 1.46. The quantitative estimate of drug-likeness (QED) is 0.515. The Morgan fingerprint density at radius 1 is 0.731 bits per heavy atom. The van der Waals surface area contributed by atoms with Gasteiger partial charge in [0.1, 0.15) is 5.82 Å². The summed E-state index contributed by atoms with van der Waals surface area (Å²) in [4.78, 5) is 11.5. The molecule has 0 aliphatic carbocycles. The smallest absolute Gasteiger partial charge is 0.229 e. The molecule has 0 saturated heterocycles. The van der Waals surface area contributed by atoms with Crippen molar-refractivity contribution in [2.45, 2.75) is 0 Å². The van der Waals surface area contributed by atoms with Gasteiger partial charge in [0.05, 0.1) is 5.52 Å². The molecule has 4 aromatic rings. The Bertz CT molecular complexity index is 990. The third kappa shape index (κ3) is 3.60. The van der Waals surface area contributed by atoms with Crippen molar-refractivity contribution in [3.05, 3.63) is 84.9 Å². The Balaban J connectivity index is 0.00000196. The van der Waals surface area contributed by atoms with Gasteiger partial charge in [-0.1, -0.05) is 48.5 Å². The standard InChI is InChI=1S/C21H18N4.ClH/c1-25(17-12-6-3-7-13-17)20-18-14-8-9-15-19(18)23-21(24-20)22-16-10-4-2-5-11-16;/h2-15H,1H3,(H,22,23,24);1H. The lowest BCUT2D eigenvalue weighted by Gasteiger charge is -2.21. The van der Waals surface area contributed by atoms with Crippen molar-refractivity contribution in [1.29, 1.82) is 0 Å². The summed E-state index contributed by atoms with van der Waals surface area (Å²) < 4.78 is 0. The van der Waals surface area contributed by atoms with E-state index in [1.165, 1.54) is 0 Å². The van der Waals surface area contributed by atoms with Crippen LogP contribution in [0.5, 0.6) is 0 Å². The Morgan fingerprint density at radius 2 is 1.35 bits per heavy atom. The van der Waals surface area contributed by atoms with Gasteiger partial charge in [0.15, 0.2) is 0 Å².